The third-order valence-electron chi connectivity index (χ3n) is 3.42. The number of nitrogens with one attached hydrogen (secondary N) is 1. The van der Waals surface area contributed by atoms with Gasteiger partial charge in [-0.05, 0) is 54.1 Å². The molecular weight excluding hydrogens is 361 g/mol. The Morgan fingerprint density at radius 1 is 1.09 bits per heavy atom. The molecule has 22 heavy (non-hydrogen) atoms. The molecular formula is C15H13Cl2NO2S2. The summed E-state index contributed by atoms with van der Waals surface area (Å²) in [6.07, 6.45) is 0.720. The first-order chi connectivity index (χ1) is 10.5. The van der Waals surface area contributed by atoms with E-state index in [1.807, 2.05) is 18.2 Å². The molecule has 0 unspecified atom stereocenters. The first-order valence-electron chi connectivity index (χ1n) is 6.66. The number of hydrogen-bond donors (Lipinski definition) is 1. The van der Waals surface area contributed by atoms with E-state index in [4.69, 9.17) is 23.2 Å². The molecule has 116 valence electrons. The van der Waals surface area contributed by atoms with Crippen LogP contribution in [-0.2, 0) is 10.0 Å². The van der Waals surface area contributed by atoms with E-state index in [0.717, 1.165) is 22.6 Å². The average Bonchev–Trinajstić information content (AvgIpc) is 2.48. The molecule has 0 aromatic heterocycles. The van der Waals surface area contributed by atoms with Gasteiger partial charge in [0.05, 0.1) is 4.90 Å². The van der Waals surface area contributed by atoms with E-state index in [1.165, 1.54) is 12.1 Å². The van der Waals surface area contributed by atoms with Crippen LogP contribution >= 0.6 is 35.0 Å². The molecule has 0 radical (unpaired) electrons. The summed E-state index contributed by atoms with van der Waals surface area (Å²) >= 11 is 13.6. The lowest BCUT2D eigenvalue weighted by Gasteiger charge is -2.26. The van der Waals surface area contributed by atoms with Crippen LogP contribution in [0.3, 0.4) is 0 Å². The van der Waals surface area contributed by atoms with Crippen LogP contribution in [0.1, 0.15) is 18.0 Å². The lowest BCUT2D eigenvalue weighted by molar-refractivity contribution is 0.546. The minimum Gasteiger partial charge on any atom is -0.207 e. The molecule has 0 fully saturated rings. The molecule has 3 rings (SSSR count). The Balaban J connectivity index is 1.93. The Morgan fingerprint density at radius 3 is 2.64 bits per heavy atom. The highest BCUT2D eigenvalue weighted by Gasteiger charge is 2.26. The molecule has 1 N–H and O–H groups in total. The van der Waals surface area contributed by atoms with Crippen molar-refractivity contribution in [1.82, 2.24) is 4.72 Å². The average molecular weight is 374 g/mol. The van der Waals surface area contributed by atoms with E-state index in [9.17, 15) is 8.42 Å². The van der Waals surface area contributed by atoms with Crippen molar-refractivity contribution < 1.29 is 8.42 Å². The predicted molar refractivity (Wildman–Crippen MR) is 91.3 cm³/mol. The fraction of sp³-hybridized carbons (Fsp3) is 0.200. The van der Waals surface area contributed by atoms with Crippen LogP contribution in [0.5, 0.6) is 0 Å². The Morgan fingerprint density at radius 2 is 1.86 bits per heavy atom. The van der Waals surface area contributed by atoms with Gasteiger partial charge in [0.2, 0.25) is 10.0 Å². The second kappa shape index (κ2) is 6.42. The summed E-state index contributed by atoms with van der Waals surface area (Å²) in [6, 6.07) is 11.5. The van der Waals surface area contributed by atoms with E-state index < -0.39 is 10.0 Å². The monoisotopic (exact) mass is 373 g/mol. The third-order valence-corrected chi connectivity index (χ3v) is 6.48. The molecule has 1 heterocycles. The van der Waals surface area contributed by atoms with Gasteiger partial charge in [0, 0.05) is 21.0 Å². The summed E-state index contributed by atoms with van der Waals surface area (Å²) in [4.78, 5) is 1.23. The first kappa shape index (κ1) is 16.1. The summed E-state index contributed by atoms with van der Waals surface area (Å²) in [5.41, 5.74) is 0.925. The van der Waals surface area contributed by atoms with Gasteiger partial charge in [-0.2, -0.15) is 0 Å². The van der Waals surface area contributed by atoms with Crippen molar-refractivity contribution in [2.75, 3.05) is 5.75 Å². The van der Waals surface area contributed by atoms with Gasteiger partial charge in [0.25, 0.3) is 0 Å². The molecule has 2 aromatic rings. The van der Waals surface area contributed by atoms with Gasteiger partial charge < -0.3 is 0 Å². The second-order valence-corrected chi connectivity index (χ2v) is 8.67. The normalized spacial score (nSPS) is 18.0. The zero-order valence-corrected chi connectivity index (χ0v) is 14.6. The molecule has 0 saturated carbocycles. The Hall–Kier alpha value is -0.720. The van der Waals surface area contributed by atoms with Gasteiger partial charge in [0.1, 0.15) is 0 Å². The van der Waals surface area contributed by atoms with Crippen molar-refractivity contribution in [2.24, 2.45) is 0 Å². The molecule has 0 aliphatic carbocycles. The number of hydrogen-bond acceptors (Lipinski definition) is 3. The number of fused-ring (bicyclic) bond motifs is 1. The van der Waals surface area contributed by atoms with Gasteiger partial charge in [-0.1, -0.05) is 29.3 Å². The van der Waals surface area contributed by atoms with Crippen molar-refractivity contribution in [3.8, 4) is 0 Å². The minimum absolute atomic E-state index is 0.168. The molecule has 2 aromatic carbocycles. The third kappa shape index (κ3) is 3.44. The molecule has 0 saturated heterocycles. The Kier molecular flexibility index (Phi) is 4.71. The van der Waals surface area contributed by atoms with E-state index in [2.05, 4.69) is 4.72 Å². The number of sulfonamides is 1. The van der Waals surface area contributed by atoms with Crippen LogP contribution in [0.2, 0.25) is 10.0 Å². The van der Waals surface area contributed by atoms with Gasteiger partial charge in [0.15, 0.2) is 0 Å². The first-order valence-corrected chi connectivity index (χ1v) is 9.88. The topological polar surface area (TPSA) is 46.2 Å². The van der Waals surface area contributed by atoms with E-state index in [-0.39, 0.29) is 10.9 Å². The lowest BCUT2D eigenvalue weighted by atomic mass is 10.1. The lowest BCUT2D eigenvalue weighted by Crippen LogP contribution is -2.30. The zero-order chi connectivity index (χ0) is 15.7. The van der Waals surface area contributed by atoms with Crippen molar-refractivity contribution in [2.45, 2.75) is 22.3 Å². The highest BCUT2D eigenvalue weighted by atomic mass is 35.5. The molecule has 7 heteroatoms. The van der Waals surface area contributed by atoms with Crippen LogP contribution < -0.4 is 4.72 Å². The summed E-state index contributed by atoms with van der Waals surface area (Å²) in [5, 5.41) is 0.999. The molecule has 0 amide bonds. The number of rotatable bonds is 3. The minimum atomic E-state index is -3.62. The van der Waals surface area contributed by atoms with Crippen LogP contribution in [0.25, 0.3) is 0 Å². The summed E-state index contributed by atoms with van der Waals surface area (Å²) in [6.45, 7) is 0. The highest BCUT2D eigenvalue weighted by Crippen LogP contribution is 2.38. The SMILES string of the molecule is O=S(=O)(N[C@H]1CCSc2ccc(Cl)cc21)c1cccc(Cl)c1. The summed E-state index contributed by atoms with van der Waals surface area (Å²) in [5.74, 6) is 0.858. The number of thioether (sulfide) groups is 1. The van der Waals surface area contributed by atoms with Gasteiger partial charge in [-0.3, -0.25) is 0 Å². The second-order valence-electron chi connectivity index (χ2n) is 4.95. The largest absolute Gasteiger partial charge is 0.241 e. The molecule has 3 nitrogen and oxygen atoms in total. The summed E-state index contributed by atoms with van der Waals surface area (Å²) in [7, 11) is -3.62. The van der Waals surface area contributed by atoms with Crippen molar-refractivity contribution >= 4 is 45.0 Å². The fourth-order valence-corrected chi connectivity index (χ4v) is 5.21. The smallest absolute Gasteiger partial charge is 0.207 e. The number of halogens is 2. The van der Waals surface area contributed by atoms with E-state index in [0.29, 0.717) is 10.0 Å². The van der Waals surface area contributed by atoms with Crippen molar-refractivity contribution in [3.63, 3.8) is 0 Å². The highest BCUT2D eigenvalue weighted by molar-refractivity contribution is 7.99. The van der Waals surface area contributed by atoms with Gasteiger partial charge in [-0.15, -0.1) is 11.8 Å². The Labute approximate surface area is 144 Å². The molecule has 1 aliphatic rings. The predicted octanol–water partition coefficient (Wildman–Crippen LogP) is 4.51. The maximum absolute atomic E-state index is 12.5. The van der Waals surface area contributed by atoms with Crippen LogP contribution in [0, 0.1) is 0 Å². The van der Waals surface area contributed by atoms with Crippen LogP contribution in [-0.4, -0.2) is 14.2 Å². The van der Waals surface area contributed by atoms with Gasteiger partial charge in [-0.25, -0.2) is 13.1 Å². The fourth-order valence-electron chi connectivity index (χ4n) is 2.38. The van der Waals surface area contributed by atoms with Crippen LogP contribution in [0.15, 0.2) is 52.3 Å². The quantitative estimate of drug-likeness (QED) is 0.860. The molecule has 0 bridgehead atoms. The number of benzene rings is 2. The van der Waals surface area contributed by atoms with Crippen molar-refractivity contribution in [1.29, 1.82) is 0 Å². The maximum atomic E-state index is 12.5. The molecule has 1 atom stereocenters. The maximum Gasteiger partial charge on any atom is 0.241 e. The zero-order valence-electron chi connectivity index (χ0n) is 11.4. The molecule has 1 aliphatic heterocycles. The van der Waals surface area contributed by atoms with Crippen LogP contribution in [0.4, 0.5) is 0 Å². The van der Waals surface area contributed by atoms with E-state index >= 15 is 0 Å². The Bertz CT molecular complexity index is 809. The standard InChI is InChI=1S/C15H13Cl2NO2S2/c16-10-2-1-3-12(8-10)22(19,20)18-14-6-7-21-15-5-4-11(17)9-13(14)15/h1-5,8-9,14,18H,6-7H2/t14-/m0/s1. The van der Waals surface area contributed by atoms with Gasteiger partial charge >= 0.3 is 0 Å². The summed E-state index contributed by atoms with van der Waals surface area (Å²) < 4.78 is 27.8. The van der Waals surface area contributed by atoms with Crippen molar-refractivity contribution in [3.05, 3.63) is 58.1 Å². The van der Waals surface area contributed by atoms with E-state index in [1.54, 1.807) is 23.9 Å². The molecule has 0 spiro atoms.